The first-order valence-electron chi connectivity index (χ1n) is 9.76. The second-order valence-electron chi connectivity index (χ2n) is 7.66. The van der Waals surface area contributed by atoms with Gasteiger partial charge in [0, 0.05) is 44.2 Å². The Kier molecular flexibility index (Phi) is 5.79. The second-order valence-corrected chi connectivity index (χ2v) is 9.29. The van der Waals surface area contributed by atoms with E-state index in [-0.39, 0.29) is 12.2 Å². The number of imidazole rings is 1. The van der Waals surface area contributed by atoms with E-state index >= 15 is 0 Å². The molecule has 158 valence electrons. The number of hydrogen-bond donors (Lipinski definition) is 0. The predicted molar refractivity (Wildman–Crippen MR) is 112 cm³/mol. The molecule has 0 radical (unpaired) electrons. The van der Waals surface area contributed by atoms with Gasteiger partial charge in [0.2, 0.25) is 5.95 Å². The molecule has 1 saturated heterocycles. The summed E-state index contributed by atoms with van der Waals surface area (Å²) in [5.41, 5.74) is 2.22. The number of halogens is 4. The average Bonchev–Trinajstić information content (AvgIpc) is 3.01. The summed E-state index contributed by atoms with van der Waals surface area (Å²) in [5.74, 6) is 2.25. The molecule has 2 aliphatic heterocycles. The van der Waals surface area contributed by atoms with Gasteiger partial charge in [-0.2, -0.15) is 24.9 Å². The second kappa shape index (κ2) is 8.04. The van der Waals surface area contributed by atoms with Crippen LogP contribution in [-0.4, -0.2) is 45.6 Å². The molecule has 1 aromatic heterocycles. The van der Waals surface area contributed by atoms with E-state index < -0.39 is 11.9 Å². The first-order valence-corrected chi connectivity index (χ1v) is 11.3. The van der Waals surface area contributed by atoms with Crippen LogP contribution in [0.4, 0.5) is 24.8 Å². The lowest BCUT2D eigenvalue weighted by Gasteiger charge is -2.32. The molecule has 0 bridgehead atoms. The fourth-order valence-electron chi connectivity index (χ4n) is 4.22. The van der Waals surface area contributed by atoms with Crippen LogP contribution >= 0.6 is 23.4 Å². The topological polar surface area (TPSA) is 24.3 Å². The van der Waals surface area contributed by atoms with Crippen LogP contribution in [-0.2, 0) is 19.3 Å². The fraction of sp³-hybridized carbons (Fsp3) is 0.550. The average molecular weight is 445 g/mol. The number of benzene rings is 1. The Bertz CT molecular complexity index is 883. The molecule has 4 nitrogen and oxygen atoms in total. The molecule has 4 rings (SSSR count). The Hall–Kier alpha value is -1.38. The predicted octanol–water partition coefficient (Wildman–Crippen LogP) is 5.26. The number of aryl methyl sites for hydroxylation is 2. The zero-order chi connectivity index (χ0) is 20.8. The van der Waals surface area contributed by atoms with Crippen molar-refractivity contribution < 1.29 is 13.2 Å². The first kappa shape index (κ1) is 20.9. The normalized spacial score (nSPS) is 18.2. The van der Waals surface area contributed by atoms with Crippen molar-refractivity contribution in [3.05, 3.63) is 39.7 Å². The zero-order valence-corrected chi connectivity index (χ0v) is 18.1. The van der Waals surface area contributed by atoms with Crippen LogP contribution in [0.15, 0.2) is 12.1 Å². The Balaban J connectivity index is 1.80. The van der Waals surface area contributed by atoms with Crippen molar-refractivity contribution in [2.75, 3.05) is 36.0 Å². The van der Waals surface area contributed by atoms with Crippen molar-refractivity contribution in [2.45, 2.75) is 39.5 Å². The maximum atomic E-state index is 13.9. The number of rotatable bonds is 3. The first-order chi connectivity index (χ1) is 13.8. The van der Waals surface area contributed by atoms with Crippen molar-refractivity contribution in [1.29, 1.82) is 0 Å². The van der Waals surface area contributed by atoms with E-state index in [1.807, 2.05) is 42.6 Å². The van der Waals surface area contributed by atoms with E-state index in [0.717, 1.165) is 47.8 Å². The summed E-state index contributed by atoms with van der Waals surface area (Å²) in [6.07, 6.45) is -3.74. The number of fused-ring (bicyclic) bond motifs is 1. The zero-order valence-electron chi connectivity index (χ0n) is 16.5. The summed E-state index contributed by atoms with van der Waals surface area (Å²) in [7, 11) is 0. The van der Waals surface area contributed by atoms with Crippen LogP contribution < -0.4 is 4.90 Å². The van der Waals surface area contributed by atoms with Crippen molar-refractivity contribution in [2.24, 2.45) is 0 Å². The summed E-state index contributed by atoms with van der Waals surface area (Å²) >= 11 is 8.36. The molecule has 29 heavy (non-hydrogen) atoms. The number of alkyl halides is 3. The van der Waals surface area contributed by atoms with E-state index in [4.69, 9.17) is 11.6 Å². The maximum absolute atomic E-state index is 13.9. The number of nitrogens with zero attached hydrogens (tertiary/aromatic N) is 4. The molecule has 2 aromatic rings. The summed E-state index contributed by atoms with van der Waals surface area (Å²) in [4.78, 5) is 8.07. The lowest BCUT2D eigenvalue weighted by Crippen LogP contribution is -2.34. The van der Waals surface area contributed by atoms with Gasteiger partial charge < -0.3 is 9.47 Å². The van der Waals surface area contributed by atoms with Gasteiger partial charge in [-0.25, -0.2) is 4.98 Å². The highest BCUT2D eigenvalue weighted by molar-refractivity contribution is 7.99. The molecule has 0 N–H and O–H groups in total. The Labute approximate surface area is 178 Å². The molecule has 0 saturated carbocycles. The van der Waals surface area contributed by atoms with Gasteiger partial charge in [0.15, 0.2) is 5.69 Å². The van der Waals surface area contributed by atoms with Gasteiger partial charge in [0.1, 0.15) is 0 Å². The van der Waals surface area contributed by atoms with Gasteiger partial charge in [0.25, 0.3) is 0 Å². The molecule has 2 aliphatic rings. The smallest absolute Gasteiger partial charge is 0.312 e. The molecule has 0 spiro atoms. The number of thioether (sulfide) groups is 1. The SMILES string of the molecule is Cc1cc(C)c(N2CCCn3c2nc(C(F)(F)F)c3CN2CCSCC2)c(Cl)c1. The van der Waals surface area contributed by atoms with Crippen LogP contribution in [0.5, 0.6) is 0 Å². The summed E-state index contributed by atoms with van der Waals surface area (Å²) in [5, 5.41) is 0.544. The molecule has 9 heteroatoms. The molecule has 0 atom stereocenters. The number of aromatic nitrogens is 2. The van der Waals surface area contributed by atoms with E-state index in [9.17, 15) is 13.2 Å². The number of hydrogen-bond acceptors (Lipinski definition) is 4. The molecule has 0 unspecified atom stereocenters. The van der Waals surface area contributed by atoms with Crippen molar-refractivity contribution in [3.8, 4) is 0 Å². The Morgan fingerprint density at radius 1 is 1.10 bits per heavy atom. The summed E-state index contributed by atoms with van der Waals surface area (Å²) < 4.78 is 43.4. The standard InChI is InChI=1S/C20H24ClF3N4S/c1-13-10-14(2)17(15(21)11-13)28-5-3-4-27-16(12-26-6-8-29-9-7-26)18(20(22,23)24)25-19(27)28/h10-11H,3-9,12H2,1-2H3. The van der Waals surface area contributed by atoms with E-state index in [1.54, 1.807) is 4.57 Å². The van der Waals surface area contributed by atoms with Crippen LogP contribution in [0.3, 0.4) is 0 Å². The monoisotopic (exact) mass is 444 g/mol. The third-order valence-electron chi connectivity index (χ3n) is 5.47. The number of anilines is 2. The minimum atomic E-state index is -4.48. The van der Waals surface area contributed by atoms with Crippen LogP contribution in [0.25, 0.3) is 0 Å². The van der Waals surface area contributed by atoms with Gasteiger partial charge in [-0.3, -0.25) is 4.90 Å². The largest absolute Gasteiger partial charge is 0.435 e. The third kappa shape index (κ3) is 4.11. The lowest BCUT2D eigenvalue weighted by molar-refractivity contribution is -0.141. The van der Waals surface area contributed by atoms with Crippen LogP contribution in [0.1, 0.15) is 28.9 Å². The fourth-order valence-corrected chi connectivity index (χ4v) is 5.62. The van der Waals surface area contributed by atoms with Crippen molar-refractivity contribution in [3.63, 3.8) is 0 Å². The quantitative estimate of drug-likeness (QED) is 0.644. The van der Waals surface area contributed by atoms with Gasteiger partial charge in [0.05, 0.1) is 16.4 Å². The molecular formula is C20H24ClF3N4S. The summed E-state index contributed by atoms with van der Waals surface area (Å²) in [6.45, 7) is 6.90. The van der Waals surface area contributed by atoms with E-state index in [2.05, 4.69) is 9.88 Å². The van der Waals surface area contributed by atoms with Gasteiger partial charge >= 0.3 is 6.18 Å². The van der Waals surface area contributed by atoms with Gasteiger partial charge in [-0.05, 0) is 37.5 Å². The maximum Gasteiger partial charge on any atom is 0.435 e. The Morgan fingerprint density at radius 2 is 1.83 bits per heavy atom. The van der Waals surface area contributed by atoms with E-state index in [1.165, 1.54) is 0 Å². The van der Waals surface area contributed by atoms with Gasteiger partial charge in [-0.1, -0.05) is 17.7 Å². The van der Waals surface area contributed by atoms with Crippen molar-refractivity contribution >= 4 is 35.0 Å². The highest BCUT2D eigenvalue weighted by Gasteiger charge is 2.41. The molecule has 3 heterocycles. The van der Waals surface area contributed by atoms with Crippen LogP contribution in [0, 0.1) is 13.8 Å². The highest BCUT2D eigenvalue weighted by atomic mass is 35.5. The minimum absolute atomic E-state index is 0.269. The third-order valence-corrected chi connectivity index (χ3v) is 6.70. The van der Waals surface area contributed by atoms with Crippen LogP contribution in [0.2, 0.25) is 5.02 Å². The van der Waals surface area contributed by atoms with Crippen molar-refractivity contribution in [1.82, 2.24) is 14.5 Å². The molecule has 1 aromatic carbocycles. The molecule has 0 amide bonds. The minimum Gasteiger partial charge on any atom is -0.312 e. The van der Waals surface area contributed by atoms with E-state index in [0.29, 0.717) is 24.1 Å². The molecule has 1 fully saturated rings. The molecular weight excluding hydrogens is 421 g/mol. The highest BCUT2D eigenvalue weighted by Crippen LogP contribution is 2.41. The van der Waals surface area contributed by atoms with Gasteiger partial charge in [-0.15, -0.1) is 0 Å². The molecule has 0 aliphatic carbocycles. The summed E-state index contributed by atoms with van der Waals surface area (Å²) in [6, 6.07) is 3.85. The lowest BCUT2D eigenvalue weighted by atomic mass is 10.1. The Morgan fingerprint density at radius 3 is 2.48 bits per heavy atom.